The van der Waals surface area contributed by atoms with Gasteiger partial charge in [0.05, 0.1) is 12.7 Å². The van der Waals surface area contributed by atoms with Crippen LogP contribution in [-0.4, -0.2) is 61.2 Å². The van der Waals surface area contributed by atoms with Gasteiger partial charge >= 0.3 is 0 Å². The monoisotopic (exact) mass is 396 g/mol. The molecule has 1 saturated heterocycles. The predicted molar refractivity (Wildman–Crippen MR) is 110 cm³/mol. The lowest BCUT2D eigenvalue weighted by molar-refractivity contribution is 0.0179. The number of nitrogens with zero attached hydrogens (tertiary/aromatic N) is 4. The summed E-state index contributed by atoms with van der Waals surface area (Å²) in [6.45, 7) is 2.11. The predicted octanol–water partition coefficient (Wildman–Crippen LogP) is 2.54. The van der Waals surface area contributed by atoms with Crippen LogP contribution in [0.3, 0.4) is 0 Å². The number of amides is 1. The highest BCUT2D eigenvalue weighted by Crippen LogP contribution is 2.34. The highest BCUT2D eigenvalue weighted by Gasteiger charge is 2.36. The standard InChI is InChI=1S/C22H28N4O3/c1-25(2)22-23-12-18(13-24-22)21(27)26-14-16-4-5-19(28-3)10-17(16)11-20(26)15-6-8-29-9-7-15/h4-5,10,12-13,15,20H,6-9,11,14H2,1-3H3/t20-/m0/s1. The lowest BCUT2D eigenvalue weighted by Gasteiger charge is -2.42. The molecule has 0 aliphatic carbocycles. The fraction of sp³-hybridized carbons (Fsp3) is 0.500. The lowest BCUT2D eigenvalue weighted by Crippen LogP contribution is -2.49. The van der Waals surface area contributed by atoms with E-state index in [4.69, 9.17) is 9.47 Å². The maximum absolute atomic E-state index is 13.4. The number of carbonyl (C=O) groups excluding carboxylic acids is 1. The zero-order valence-electron chi connectivity index (χ0n) is 17.3. The minimum atomic E-state index is -0.00624. The van der Waals surface area contributed by atoms with Crippen molar-refractivity contribution >= 4 is 11.9 Å². The van der Waals surface area contributed by atoms with Crippen LogP contribution in [0.1, 0.15) is 34.3 Å². The number of fused-ring (bicyclic) bond motifs is 1. The highest BCUT2D eigenvalue weighted by molar-refractivity contribution is 5.94. The third-order valence-electron chi connectivity index (χ3n) is 5.94. The summed E-state index contributed by atoms with van der Waals surface area (Å²) >= 11 is 0. The van der Waals surface area contributed by atoms with Gasteiger partial charge in [0, 0.05) is 52.3 Å². The fourth-order valence-electron chi connectivity index (χ4n) is 4.28. The van der Waals surface area contributed by atoms with Gasteiger partial charge in [-0.25, -0.2) is 9.97 Å². The van der Waals surface area contributed by atoms with Gasteiger partial charge in [-0.1, -0.05) is 6.07 Å². The van der Waals surface area contributed by atoms with Crippen molar-refractivity contribution in [1.82, 2.24) is 14.9 Å². The summed E-state index contributed by atoms with van der Waals surface area (Å²) in [5, 5.41) is 0. The first kappa shape index (κ1) is 19.6. The molecule has 154 valence electrons. The van der Waals surface area contributed by atoms with E-state index in [1.807, 2.05) is 30.0 Å². The normalized spacial score (nSPS) is 19.6. The molecule has 1 amide bonds. The van der Waals surface area contributed by atoms with Gasteiger partial charge in [0.1, 0.15) is 5.75 Å². The molecule has 4 rings (SSSR count). The third kappa shape index (κ3) is 4.05. The van der Waals surface area contributed by atoms with E-state index in [0.29, 0.717) is 24.0 Å². The van der Waals surface area contributed by atoms with Crippen molar-refractivity contribution in [3.63, 3.8) is 0 Å². The number of anilines is 1. The van der Waals surface area contributed by atoms with Crippen molar-refractivity contribution in [2.75, 3.05) is 39.3 Å². The Morgan fingerprint density at radius 3 is 2.55 bits per heavy atom. The number of benzene rings is 1. The molecular formula is C22H28N4O3. The quantitative estimate of drug-likeness (QED) is 0.791. The van der Waals surface area contributed by atoms with E-state index in [2.05, 4.69) is 22.1 Å². The van der Waals surface area contributed by atoms with Gasteiger partial charge in [-0.05, 0) is 48.4 Å². The minimum absolute atomic E-state index is 0.00624. The zero-order valence-corrected chi connectivity index (χ0v) is 17.3. The maximum Gasteiger partial charge on any atom is 0.257 e. The molecule has 1 aromatic carbocycles. The van der Waals surface area contributed by atoms with Crippen LogP contribution in [0.15, 0.2) is 30.6 Å². The number of aromatic nitrogens is 2. The van der Waals surface area contributed by atoms with E-state index < -0.39 is 0 Å². The number of hydrogen-bond donors (Lipinski definition) is 0. The number of ether oxygens (including phenoxy) is 2. The Bertz CT molecular complexity index is 863. The van der Waals surface area contributed by atoms with Gasteiger partial charge in [0.2, 0.25) is 5.95 Å². The van der Waals surface area contributed by atoms with Gasteiger partial charge in [0.15, 0.2) is 0 Å². The van der Waals surface area contributed by atoms with Crippen molar-refractivity contribution in [2.24, 2.45) is 5.92 Å². The van der Waals surface area contributed by atoms with Crippen LogP contribution >= 0.6 is 0 Å². The van der Waals surface area contributed by atoms with Crippen LogP contribution in [-0.2, 0) is 17.7 Å². The number of hydrogen-bond acceptors (Lipinski definition) is 6. The Morgan fingerprint density at radius 2 is 1.90 bits per heavy atom. The molecular weight excluding hydrogens is 368 g/mol. The molecule has 7 nitrogen and oxygen atoms in total. The van der Waals surface area contributed by atoms with Crippen LogP contribution in [0.4, 0.5) is 5.95 Å². The molecule has 0 N–H and O–H groups in total. The maximum atomic E-state index is 13.4. The summed E-state index contributed by atoms with van der Waals surface area (Å²) < 4.78 is 11.0. The third-order valence-corrected chi connectivity index (χ3v) is 5.94. The fourth-order valence-corrected chi connectivity index (χ4v) is 4.28. The number of rotatable bonds is 4. The first-order chi connectivity index (χ1) is 14.1. The van der Waals surface area contributed by atoms with E-state index >= 15 is 0 Å². The summed E-state index contributed by atoms with van der Waals surface area (Å²) in [7, 11) is 5.45. The average molecular weight is 396 g/mol. The van der Waals surface area contributed by atoms with Gasteiger partial charge < -0.3 is 19.3 Å². The first-order valence-electron chi connectivity index (χ1n) is 10.1. The van der Waals surface area contributed by atoms with Crippen LogP contribution in [0.25, 0.3) is 0 Å². The second-order valence-corrected chi connectivity index (χ2v) is 7.96. The number of methoxy groups -OCH3 is 1. The smallest absolute Gasteiger partial charge is 0.257 e. The molecule has 29 heavy (non-hydrogen) atoms. The summed E-state index contributed by atoms with van der Waals surface area (Å²) in [4.78, 5) is 25.9. The largest absolute Gasteiger partial charge is 0.497 e. The van der Waals surface area contributed by atoms with Crippen LogP contribution in [0, 0.1) is 5.92 Å². The molecule has 0 bridgehead atoms. The molecule has 7 heteroatoms. The summed E-state index contributed by atoms with van der Waals surface area (Å²) in [5.41, 5.74) is 2.97. The van der Waals surface area contributed by atoms with E-state index in [9.17, 15) is 4.79 Å². The van der Waals surface area contributed by atoms with Crippen molar-refractivity contribution in [3.8, 4) is 5.75 Å². The van der Waals surface area contributed by atoms with Crippen LogP contribution < -0.4 is 9.64 Å². The average Bonchev–Trinajstić information content (AvgIpc) is 2.78. The van der Waals surface area contributed by atoms with E-state index in [-0.39, 0.29) is 11.9 Å². The van der Waals surface area contributed by atoms with Crippen LogP contribution in [0.2, 0.25) is 0 Å². The molecule has 2 aromatic rings. The Morgan fingerprint density at radius 1 is 1.17 bits per heavy atom. The second kappa shape index (κ2) is 8.37. The summed E-state index contributed by atoms with van der Waals surface area (Å²) in [6, 6.07) is 6.28. The first-order valence-corrected chi connectivity index (χ1v) is 10.1. The Kier molecular flexibility index (Phi) is 5.67. The minimum Gasteiger partial charge on any atom is -0.497 e. The van der Waals surface area contributed by atoms with Crippen molar-refractivity contribution in [2.45, 2.75) is 31.8 Å². The highest BCUT2D eigenvalue weighted by atomic mass is 16.5. The van der Waals surface area contributed by atoms with E-state index in [1.165, 1.54) is 11.1 Å². The molecule has 0 saturated carbocycles. The topological polar surface area (TPSA) is 67.8 Å². The molecule has 2 aliphatic rings. The Balaban J connectivity index is 1.64. The van der Waals surface area contributed by atoms with Gasteiger partial charge in [-0.2, -0.15) is 0 Å². The molecule has 0 unspecified atom stereocenters. The number of carbonyl (C=O) groups is 1. The van der Waals surface area contributed by atoms with Gasteiger partial charge in [0.25, 0.3) is 5.91 Å². The van der Waals surface area contributed by atoms with Gasteiger partial charge in [-0.3, -0.25) is 4.79 Å². The summed E-state index contributed by atoms with van der Waals surface area (Å²) in [6.07, 6.45) is 6.05. The Hall–Kier alpha value is -2.67. The SMILES string of the molecule is COc1ccc2c(c1)C[C@@H](C1CCOCC1)N(C(=O)c1cnc(N(C)C)nc1)C2. The van der Waals surface area contributed by atoms with Crippen molar-refractivity contribution in [3.05, 3.63) is 47.3 Å². The zero-order chi connectivity index (χ0) is 20.4. The molecule has 0 radical (unpaired) electrons. The molecule has 3 heterocycles. The van der Waals surface area contributed by atoms with Gasteiger partial charge in [-0.15, -0.1) is 0 Å². The second-order valence-electron chi connectivity index (χ2n) is 7.96. The van der Waals surface area contributed by atoms with Crippen molar-refractivity contribution < 1.29 is 14.3 Å². The Labute approximate surface area is 171 Å². The molecule has 1 fully saturated rings. The van der Waals surface area contributed by atoms with E-state index in [0.717, 1.165) is 38.2 Å². The summed E-state index contributed by atoms with van der Waals surface area (Å²) in [5.74, 6) is 1.88. The van der Waals surface area contributed by atoms with Crippen molar-refractivity contribution in [1.29, 1.82) is 0 Å². The molecule has 1 atom stereocenters. The molecule has 2 aliphatic heterocycles. The molecule has 0 spiro atoms. The van der Waals surface area contributed by atoms with E-state index in [1.54, 1.807) is 19.5 Å². The molecule has 1 aromatic heterocycles. The van der Waals surface area contributed by atoms with Crippen LogP contribution in [0.5, 0.6) is 5.75 Å². The lowest BCUT2D eigenvalue weighted by atomic mass is 9.82.